The molecule has 2 aromatic rings. The molecule has 0 aliphatic heterocycles. The molecule has 1 aromatic carbocycles. The minimum atomic E-state index is -0.228. The van der Waals surface area contributed by atoms with E-state index < -0.39 is 0 Å². The van der Waals surface area contributed by atoms with E-state index in [-0.39, 0.29) is 11.9 Å². The van der Waals surface area contributed by atoms with Gasteiger partial charge >= 0.3 is 0 Å². The Balaban J connectivity index is 2.49. The normalized spacial score (nSPS) is 12.5. The lowest BCUT2D eigenvalue weighted by Crippen LogP contribution is -2.30. The van der Waals surface area contributed by atoms with Gasteiger partial charge in [-0.1, -0.05) is 12.1 Å². The molecule has 100 valence electrons. The molecule has 0 saturated heterocycles. The van der Waals surface area contributed by atoms with Crippen LogP contribution in [0, 0.1) is 26.6 Å². The van der Waals surface area contributed by atoms with Crippen LogP contribution in [0.2, 0.25) is 0 Å². The number of aromatic nitrogens is 2. The summed E-state index contributed by atoms with van der Waals surface area (Å²) in [5.41, 5.74) is 6.82. The van der Waals surface area contributed by atoms with Crippen LogP contribution >= 0.6 is 0 Å². The molecule has 0 amide bonds. The van der Waals surface area contributed by atoms with E-state index in [9.17, 15) is 4.39 Å². The van der Waals surface area contributed by atoms with Crippen molar-refractivity contribution in [2.45, 2.75) is 26.8 Å². The molecule has 0 saturated carbocycles. The van der Waals surface area contributed by atoms with Crippen molar-refractivity contribution < 1.29 is 4.39 Å². The first-order chi connectivity index (χ1) is 9.02. The maximum absolute atomic E-state index is 13.3. The zero-order valence-electron chi connectivity index (χ0n) is 11.2. The van der Waals surface area contributed by atoms with Gasteiger partial charge in [0.05, 0.1) is 17.4 Å². The predicted octanol–water partition coefficient (Wildman–Crippen LogP) is 2.09. The van der Waals surface area contributed by atoms with Gasteiger partial charge in [-0.2, -0.15) is 10.2 Å². The van der Waals surface area contributed by atoms with Crippen LogP contribution < -0.4 is 11.3 Å². The van der Waals surface area contributed by atoms with E-state index in [0.29, 0.717) is 5.56 Å². The molecular formula is C14H17FN4. The number of halogens is 1. The van der Waals surface area contributed by atoms with E-state index >= 15 is 0 Å². The van der Waals surface area contributed by atoms with Crippen molar-refractivity contribution in [3.05, 3.63) is 58.2 Å². The van der Waals surface area contributed by atoms with Gasteiger partial charge in [0, 0.05) is 0 Å². The number of hydrazine groups is 1. The van der Waals surface area contributed by atoms with Crippen molar-refractivity contribution in [3.8, 4) is 0 Å². The maximum atomic E-state index is 13.3. The molecule has 3 N–H and O–H groups in total. The lowest BCUT2D eigenvalue weighted by atomic mass is 9.96. The summed E-state index contributed by atoms with van der Waals surface area (Å²) < 4.78 is 13.3. The number of hydrogen-bond donors (Lipinski definition) is 2. The number of rotatable bonds is 3. The molecule has 2 rings (SSSR count). The monoisotopic (exact) mass is 260 g/mol. The molecule has 4 nitrogen and oxygen atoms in total. The Hall–Kier alpha value is -1.85. The lowest BCUT2D eigenvalue weighted by molar-refractivity contribution is 0.604. The standard InChI is InChI=1S/C14H17FN4/c1-8-6-11(4-5-13(8)15)14(17-16)12-7-9(2)18-19-10(12)3/h4-7,14,17H,16H2,1-3H3. The van der Waals surface area contributed by atoms with Crippen molar-refractivity contribution in [2.24, 2.45) is 5.84 Å². The molecule has 0 bridgehead atoms. The Morgan fingerprint density at radius 3 is 2.53 bits per heavy atom. The van der Waals surface area contributed by atoms with Crippen LogP contribution in [0.5, 0.6) is 0 Å². The Bertz CT molecular complexity index is 598. The summed E-state index contributed by atoms with van der Waals surface area (Å²) in [5, 5.41) is 8.10. The Morgan fingerprint density at radius 1 is 1.16 bits per heavy atom. The second-order valence-electron chi connectivity index (χ2n) is 4.63. The molecule has 1 atom stereocenters. The highest BCUT2D eigenvalue weighted by molar-refractivity contribution is 5.36. The van der Waals surface area contributed by atoms with Gasteiger partial charge in [-0.05, 0) is 49.6 Å². The van der Waals surface area contributed by atoms with Gasteiger partial charge in [0.1, 0.15) is 5.82 Å². The van der Waals surface area contributed by atoms with E-state index in [2.05, 4.69) is 15.6 Å². The topological polar surface area (TPSA) is 63.8 Å². The van der Waals surface area contributed by atoms with Crippen LogP contribution in [-0.2, 0) is 0 Å². The average molecular weight is 260 g/mol. The van der Waals surface area contributed by atoms with E-state index in [1.54, 1.807) is 19.1 Å². The second kappa shape index (κ2) is 5.42. The fourth-order valence-electron chi connectivity index (χ4n) is 2.08. The smallest absolute Gasteiger partial charge is 0.126 e. The van der Waals surface area contributed by atoms with Gasteiger partial charge in [-0.3, -0.25) is 5.84 Å². The highest BCUT2D eigenvalue weighted by Gasteiger charge is 2.17. The first kappa shape index (κ1) is 13.6. The van der Waals surface area contributed by atoms with Crippen molar-refractivity contribution >= 4 is 0 Å². The van der Waals surface area contributed by atoms with Gasteiger partial charge in [-0.15, -0.1) is 0 Å². The summed E-state index contributed by atoms with van der Waals surface area (Å²) in [6, 6.07) is 6.67. The number of nitrogens with zero attached hydrogens (tertiary/aromatic N) is 2. The number of hydrogen-bond acceptors (Lipinski definition) is 4. The van der Waals surface area contributed by atoms with Gasteiger partial charge in [0.15, 0.2) is 0 Å². The minimum Gasteiger partial charge on any atom is -0.271 e. The lowest BCUT2D eigenvalue weighted by Gasteiger charge is -2.19. The van der Waals surface area contributed by atoms with Crippen LogP contribution in [0.4, 0.5) is 4.39 Å². The second-order valence-corrected chi connectivity index (χ2v) is 4.63. The third-order valence-electron chi connectivity index (χ3n) is 3.13. The highest BCUT2D eigenvalue weighted by Crippen LogP contribution is 2.24. The van der Waals surface area contributed by atoms with Crippen molar-refractivity contribution in [3.63, 3.8) is 0 Å². The Labute approximate surface area is 111 Å². The number of nitrogens with one attached hydrogen (secondary N) is 1. The van der Waals surface area contributed by atoms with E-state index in [1.165, 1.54) is 6.07 Å². The maximum Gasteiger partial charge on any atom is 0.126 e. The summed E-state index contributed by atoms with van der Waals surface area (Å²) in [5.74, 6) is 5.43. The van der Waals surface area contributed by atoms with Gasteiger partial charge in [0.2, 0.25) is 0 Å². The molecule has 1 aromatic heterocycles. The van der Waals surface area contributed by atoms with Crippen LogP contribution in [0.1, 0.15) is 34.1 Å². The molecule has 19 heavy (non-hydrogen) atoms. The Kier molecular flexibility index (Phi) is 3.87. The molecule has 0 aliphatic rings. The first-order valence-corrected chi connectivity index (χ1v) is 6.06. The largest absolute Gasteiger partial charge is 0.271 e. The molecule has 0 radical (unpaired) electrons. The zero-order chi connectivity index (χ0) is 14.0. The van der Waals surface area contributed by atoms with Crippen molar-refractivity contribution in [1.82, 2.24) is 15.6 Å². The highest BCUT2D eigenvalue weighted by atomic mass is 19.1. The predicted molar refractivity (Wildman–Crippen MR) is 71.8 cm³/mol. The van der Waals surface area contributed by atoms with Crippen molar-refractivity contribution in [2.75, 3.05) is 0 Å². The van der Waals surface area contributed by atoms with Gasteiger partial charge in [0.25, 0.3) is 0 Å². The number of benzene rings is 1. The average Bonchev–Trinajstić information content (AvgIpc) is 2.38. The zero-order valence-corrected chi connectivity index (χ0v) is 11.2. The molecular weight excluding hydrogens is 243 g/mol. The minimum absolute atomic E-state index is 0.222. The van der Waals surface area contributed by atoms with Crippen LogP contribution in [0.25, 0.3) is 0 Å². The number of nitrogens with two attached hydrogens (primary N) is 1. The summed E-state index contributed by atoms with van der Waals surface area (Å²) in [6.45, 7) is 5.48. The van der Waals surface area contributed by atoms with E-state index in [4.69, 9.17) is 5.84 Å². The fraction of sp³-hybridized carbons (Fsp3) is 0.286. The van der Waals surface area contributed by atoms with Crippen LogP contribution in [0.15, 0.2) is 24.3 Å². The third kappa shape index (κ3) is 2.77. The molecule has 1 unspecified atom stereocenters. The summed E-state index contributed by atoms with van der Waals surface area (Å²) >= 11 is 0. The molecule has 0 spiro atoms. The molecule has 0 fully saturated rings. The summed E-state index contributed by atoms with van der Waals surface area (Å²) in [6.07, 6.45) is 0. The van der Waals surface area contributed by atoms with E-state index in [0.717, 1.165) is 22.5 Å². The summed E-state index contributed by atoms with van der Waals surface area (Å²) in [7, 11) is 0. The van der Waals surface area contributed by atoms with Crippen LogP contribution in [0.3, 0.4) is 0 Å². The summed E-state index contributed by atoms with van der Waals surface area (Å²) in [4.78, 5) is 0. The third-order valence-corrected chi connectivity index (χ3v) is 3.13. The molecule has 5 heteroatoms. The van der Waals surface area contributed by atoms with Gasteiger partial charge < -0.3 is 0 Å². The SMILES string of the molecule is Cc1cc(C(NN)c2ccc(F)c(C)c2)c(C)nn1. The molecule has 1 heterocycles. The Morgan fingerprint density at radius 2 is 1.89 bits per heavy atom. The first-order valence-electron chi connectivity index (χ1n) is 6.06. The van der Waals surface area contributed by atoms with Gasteiger partial charge in [-0.25, -0.2) is 9.82 Å². The molecule has 0 aliphatic carbocycles. The fourth-order valence-corrected chi connectivity index (χ4v) is 2.08. The quantitative estimate of drug-likeness (QED) is 0.655. The number of aryl methyl sites for hydroxylation is 3. The van der Waals surface area contributed by atoms with E-state index in [1.807, 2.05) is 19.9 Å². The van der Waals surface area contributed by atoms with Crippen LogP contribution in [-0.4, -0.2) is 10.2 Å². The van der Waals surface area contributed by atoms with Crippen molar-refractivity contribution in [1.29, 1.82) is 0 Å².